The molecule has 0 aliphatic heterocycles. The number of nitro benzene ring substituents is 1. The maximum absolute atomic E-state index is 11.5. The average molecular weight is 253 g/mol. The standard InChI is InChI=1S/C10H11N3O5/c1-18-6-9(14)11-12-10(15)7-2-4-8(5-3-7)13(16)17/h2-5H,6H2,1H3,(H,11,14)(H,12,15). The van der Waals surface area contributed by atoms with Crippen LogP contribution in [0.2, 0.25) is 0 Å². The molecule has 0 radical (unpaired) electrons. The van der Waals surface area contributed by atoms with Gasteiger partial charge in [-0.3, -0.25) is 30.6 Å². The topological polar surface area (TPSA) is 111 Å². The molecule has 96 valence electrons. The number of amides is 2. The summed E-state index contributed by atoms with van der Waals surface area (Å²) in [6.07, 6.45) is 0. The van der Waals surface area contributed by atoms with Gasteiger partial charge in [-0.25, -0.2) is 0 Å². The van der Waals surface area contributed by atoms with Crippen LogP contribution in [0.5, 0.6) is 0 Å². The Morgan fingerprint density at radius 1 is 1.28 bits per heavy atom. The number of methoxy groups -OCH3 is 1. The molecule has 1 aromatic rings. The van der Waals surface area contributed by atoms with Crippen LogP contribution in [0.1, 0.15) is 10.4 Å². The molecule has 0 fully saturated rings. The van der Waals surface area contributed by atoms with Crippen molar-refractivity contribution < 1.29 is 19.2 Å². The molecule has 0 aliphatic rings. The zero-order valence-corrected chi connectivity index (χ0v) is 9.50. The molecule has 2 amide bonds. The zero-order valence-electron chi connectivity index (χ0n) is 9.50. The zero-order chi connectivity index (χ0) is 13.5. The smallest absolute Gasteiger partial charge is 0.269 e. The number of ether oxygens (including phenoxy) is 1. The van der Waals surface area contributed by atoms with Crippen LogP contribution in [0.3, 0.4) is 0 Å². The van der Waals surface area contributed by atoms with Gasteiger partial charge >= 0.3 is 0 Å². The lowest BCUT2D eigenvalue weighted by molar-refractivity contribution is -0.384. The highest BCUT2D eigenvalue weighted by Gasteiger charge is 2.09. The van der Waals surface area contributed by atoms with Gasteiger partial charge < -0.3 is 4.74 Å². The molecule has 8 nitrogen and oxygen atoms in total. The summed E-state index contributed by atoms with van der Waals surface area (Å²) in [6.45, 7) is -0.180. The molecular formula is C10H11N3O5. The summed E-state index contributed by atoms with van der Waals surface area (Å²) >= 11 is 0. The van der Waals surface area contributed by atoms with Gasteiger partial charge in [0.1, 0.15) is 6.61 Å². The number of rotatable bonds is 4. The van der Waals surface area contributed by atoms with E-state index in [1.807, 2.05) is 0 Å². The summed E-state index contributed by atoms with van der Waals surface area (Å²) in [4.78, 5) is 32.3. The molecule has 0 saturated carbocycles. The van der Waals surface area contributed by atoms with E-state index in [0.29, 0.717) is 0 Å². The van der Waals surface area contributed by atoms with Crippen molar-refractivity contribution in [1.82, 2.24) is 10.9 Å². The van der Waals surface area contributed by atoms with E-state index < -0.39 is 16.7 Å². The van der Waals surface area contributed by atoms with E-state index in [4.69, 9.17) is 0 Å². The Kier molecular flexibility index (Phi) is 4.76. The molecule has 1 aromatic carbocycles. The second kappa shape index (κ2) is 6.30. The summed E-state index contributed by atoms with van der Waals surface area (Å²) in [5.74, 6) is -1.08. The Morgan fingerprint density at radius 3 is 2.39 bits per heavy atom. The number of benzene rings is 1. The van der Waals surface area contributed by atoms with Crippen molar-refractivity contribution in [3.8, 4) is 0 Å². The van der Waals surface area contributed by atoms with Crippen molar-refractivity contribution in [2.45, 2.75) is 0 Å². The molecule has 2 N–H and O–H groups in total. The van der Waals surface area contributed by atoms with Gasteiger partial charge in [0.2, 0.25) is 0 Å². The van der Waals surface area contributed by atoms with Gasteiger partial charge in [-0.05, 0) is 12.1 Å². The molecule has 0 spiro atoms. The van der Waals surface area contributed by atoms with Gasteiger partial charge in [-0.2, -0.15) is 0 Å². The highest BCUT2D eigenvalue weighted by molar-refractivity contribution is 5.95. The van der Waals surface area contributed by atoms with Gasteiger partial charge in [-0.15, -0.1) is 0 Å². The van der Waals surface area contributed by atoms with E-state index in [0.717, 1.165) is 0 Å². The Bertz CT molecular complexity index is 457. The predicted molar refractivity (Wildman–Crippen MR) is 60.6 cm³/mol. The molecule has 0 unspecified atom stereocenters. The molecule has 0 bridgehead atoms. The fourth-order valence-electron chi connectivity index (χ4n) is 1.10. The number of non-ortho nitro benzene ring substituents is 1. The number of carbonyl (C=O) groups is 2. The third kappa shape index (κ3) is 3.83. The van der Waals surface area contributed by atoms with Crippen LogP contribution in [-0.2, 0) is 9.53 Å². The lowest BCUT2D eigenvalue weighted by Gasteiger charge is -2.06. The first-order valence-corrected chi connectivity index (χ1v) is 4.87. The molecule has 18 heavy (non-hydrogen) atoms. The molecule has 0 atom stereocenters. The number of hydrogen-bond donors (Lipinski definition) is 2. The van der Waals surface area contributed by atoms with E-state index in [-0.39, 0.29) is 17.9 Å². The number of nitrogens with one attached hydrogen (secondary N) is 2. The third-order valence-electron chi connectivity index (χ3n) is 1.93. The summed E-state index contributed by atoms with van der Waals surface area (Å²) in [6, 6.07) is 4.98. The Hall–Kier alpha value is -2.48. The maximum Gasteiger partial charge on any atom is 0.269 e. The SMILES string of the molecule is COCC(=O)NNC(=O)c1ccc([N+](=O)[O-])cc1. The summed E-state index contributed by atoms with van der Waals surface area (Å²) in [5, 5.41) is 10.4. The molecule has 0 aliphatic carbocycles. The first-order valence-electron chi connectivity index (χ1n) is 4.87. The van der Waals surface area contributed by atoms with Gasteiger partial charge in [0.15, 0.2) is 0 Å². The van der Waals surface area contributed by atoms with Crippen LogP contribution < -0.4 is 10.9 Å². The van der Waals surface area contributed by atoms with Crippen molar-refractivity contribution in [2.24, 2.45) is 0 Å². The largest absolute Gasteiger partial charge is 0.375 e. The minimum absolute atomic E-state index is 0.116. The first-order chi connectivity index (χ1) is 8.54. The molecule has 1 rings (SSSR count). The van der Waals surface area contributed by atoms with E-state index in [1.165, 1.54) is 31.4 Å². The Labute approximate surface area is 102 Å². The van der Waals surface area contributed by atoms with E-state index in [9.17, 15) is 19.7 Å². The Morgan fingerprint density at radius 2 is 1.89 bits per heavy atom. The van der Waals surface area contributed by atoms with E-state index in [2.05, 4.69) is 15.6 Å². The number of hydrogen-bond acceptors (Lipinski definition) is 5. The number of hydrazine groups is 1. The summed E-state index contributed by atoms with van der Waals surface area (Å²) < 4.78 is 4.55. The highest BCUT2D eigenvalue weighted by atomic mass is 16.6. The summed E-state index contributed by atoms with van der Waals surface area (Å²) in [5.41, 5.74) is 4.34. The minimum atomic E-state index is -0.575. The van der Waals surface area contributed by atoms with Gasteiger partial charge in [0, 0.05) is 24.8 Å². The van der Waals surface area contributed by atoms with Crippen LogP contribution in [-0.4, -0.2) is 30.5 Å². The van der Waals surface area contributed by atoms with E-state index in [1.54, 1.807) is 0 Å². The van der Waals surface area contributed by atoms with Crippen LogP contribution in [0.15, 0.2) is 24.3 Å². The van der Waals surface area contributed by atoms with Crippen molar-refractivity contribution in [3.63, 3.8) is 0 Å². The average Bonchev–Trinajstić information content (AvgIpc) is 2.36. The van der Waals surface area contributed by atoms with Crippen LogP contribution in [0, 0.1) is 10.1 Å². The third-order valence-corrected chi connectivity index (χ3v) is 1.93. The second-order valence-corrected chi connectivity index (χ2v) is 3.24. The van der Waals surface area contributed by atoms with E-state index >= 15 is 0 Å². The van der Waals surface area contributed by atoms with Crippen molar-refractivity contribution in [1.29, 1.82) is 0 Å². The van der Waals surface area contributed by atoms with Gasteiger partial charge in [0.25, 0.3) is 17.5 Å². The molecule has 0 heterocycles. The number of carbonyl (C=O) groups excluding carboxylic acids is 2. The van der Waals surface area contributed by atoms with Crippen molar-refractivity contribution in [2.75, 3.05) is 13.7 Å². The van der Waals surface area contributed by atoms with Gasteiger partial charge in [0.05, 0.1) is 4.92 Å². The highest BCUT2D eigenvalue weighted by Crippen LogP contribution is 2.11. The molecule has 8 heteroatoms. The predicted octanol–water partition coefficient (Wildman–Crippen LogP) is 0.00220. The monoisotopic (exact) mass is 253 g/mol. The number of nitrogens with zero attached hydrogens (tertiary/aromatic N) is 1. The second-order valence-electron chi connectivity index (χ2n) is 3.24. The maximum atomic E-state index is 11.5. The first kappa shape index (κ1) is 13.6. The number of nitro groups is 1. The quantitative estimate of drug-likeness (QED) is 0.579. The molecule has 0 saturated heterocycles. The van der Waals surface area contributed by atoms with Crippen LogP contribution in [0.25, 0.3) is 0 Å². The minimum Gasteiger partial charge on any atom is -0.375 e. The summed E-state index contributed by atoms with van der Waals surface area (Å²) in [7, 11) is 1.34. The van der Waals surface area contributed by atoms with Crippen molar-refractivity contribution >= 4 is 17.5 Å². The van der Waals surface area contributed by atoms with Crippen LogP contribution >= 0.6 is 0 Å². The lowest BCUT2D eigenvalue weighted by Crippen LogP contribution is -2.43. The normalized spacial score (nSPS) is 9.61. The lowest BCUT2D eigenvalue weighted by atomic mass is 10.2. The fraction of sp³-hybridized carbons (Fsp3) is 0.200. The molecule has 0 aromatic heterocycles. The fourth-order valence-corrected chi connectivity index (χ4v) is 1.10. The van der Waals surface area contributed by atoms with Gasteiger partial charge in [-0.1, -0.05) is 0 Å². The van der Waals surface area contributed by atoms with Crippen molar-refractivity contribution in [3.05, 3.63) is 39.9 Å². The Balaban J connectivity index is 2.56. The van der Waals surface area contributed by atoms with Crippen LogP contribution in [0.4, 0.5) is 5.69 Å². The molecular weight excluding hydrogens is 242 g/mol.